The van der Waals surface area contributed by atoms with Crippen LogP contribution in [0, 0.1) is 0 Å². The van der Waals surface area contributed by atoms with E-state index in [9.17, 15) is 10.2 Å². The van der Waals surface area contributed by atoms with E-state index in [1.165, 1.54) is 12.3 Å². The maximum atomic E-state index is 10.1. The standard InChI is InChI=1S/C21H18ClN3O2/c1-2-14-6-8-21(27)19(10-14)23-13-15-11-18(7-9-20(15)26)25-24-17-5-3-4-16(22)12-17/h3-13,26-27H,2H2,1H3. The number of phenolic OH excluding ortho intramolecular Hbond substituents is 2. The summed E-state index contributed by atoms with van der Waals surface area (Å²) in [7, 11) is 0. The maximum Gasteiger partial charge on any atom is 0.141 e. The highest BCUT2D eigenvalue weighted by molar-refractivity contribution is 6.30. The number of aryl methyl sites for hydroxylation is 1. The first-order valence-corrected chi connectivity index (χ1v) is 8.79. The summed E-state index contributed by atoms with van der Waals surface area (Å²) in [6, 6.07) is 17.2. The van der Waals surface area contributed by atoms with Gasteiger partial charge in [-0.3, -0.25) is 4.99 Å². The molecule has 0 aliphatic rings. The summed E-state index contributed by atoms with van der Waals surface area (Å²) in [6.45, 7) is 2.03. The van der Waals surface area contributed by atoms with E-state index in [4.69, 9.17) is 11.6 Å². The number of phenols is 2. The van der Waals surface area contributed by atoms with Crippen molar-refractivity contribution in [3.63, 3.8) is 0 Å². The van der Waals surface area contributed by atoms with Gasteiger partial charge in [-0.05, 0) is 60.5 Å². The molecular weight excluding hydrogens is 362 g/mol. The normalized spacial score (nSPS) is 11.5. The molecule has 0 unspecified atom stereocenters. The molecule has 0 atom stereocenters. The predicted octanol–water partition coefficient (Wildman–Crippen LogP) is 6.48. The van der Waals surface area contributed by atoms with Gasteiger partial charge in [0.15, 0.2) is 0 Å². The topological polar surface area (TPSA) is 77.5 Å². The fourth-order valence-electron chi connectivity index (χ4n) is 2.39. The molecule has 6 heteroatoms. The van der Waals surface area contributed by atoms with Crippen molar-refractivity contribution in [2.75, 3.05) is 0 Å². The van der Waals surface area contributed by atoms with Gasteiger partial charge in [0.2, 0.25) is 0 Å². The van der Waals surface area contributed by atoms with Crippen LogP contribution >= 0.6 is 11.6 Å². The average Bonchev–Trinajstić information content (AvgIpc) is 2.67. The van der Waals surface area contributed by atoms with Gasteiger partial charge >= 0.3 is 0 Å². The third-order valence-electron chi connectivity index (χ3n) is 3.89. The highest BCUT2D eigenvalue weighted by atomic mass is 35.5. The predicted molar refractivity (Wildman–Crippen MR) is 108 cm³/mol. The molecule has 0 spiro atoms. The molecule has 0 saturated carbocycles. The molecular formula is C21H18ClN3O2. The Morgan fingerprint density at radius 2 is 1.63 bits per heavy atom. The smallest absolute Gasteiger partial charge is 0.141 e. The molecule has 3 aromatic carbocycles. The second-order valence-electron chi connectivity index (χ2n) is 5.86. The summed E-state index contributed by atoms with van der Waals surface area (Å²) in [4.78, 5) is 4.29. The lowest BCUT2D eigenvalue weighted by molar-refractivity contribution is 0.474. The Kier molecular flexibility index (Phi) is 5.84. The van der Waals surface area contributed by atoms with Crippen LogP contribution in [-0.4, -0.2) is 16.4 Å². The minimum Gasteiger partial charge on any atom is -0.507 e. The maximum absolute atomic E-state index is 10.1. The number of azo groups is 1. The molecule has 0 aliphatic carbocycles. The highest BCUT2D eigenvalue weighted by Gasteiger charge is 2.03. The van der Waals surface area contributed by atoms with Gasteiger partial charge in [0.1, 0.15) is 17.2 Å². The Bertz CT molecular complexity index is 1020. The van der Waals surface area contributed by atoms with Crippen molar-refractivity contribution in [3.05, 3.63) is 76.8 Å². The van der Waals surface area contributed by atoms with Crippen molar-refractivity contribution in [3.8, 4) is 11.5 Å². The summed E-state index contributed by atoms with van der Waals surface area (Å²) in [6.07, 6.45) is 2.33. The first-order chi connectivity index (χ1) is 13.0. The van der Waals surface area contributed by atoms with Gasteiger partial charge in [0.05, 0.1) is 11.4 Å². The van der Waals surface area contributed by atoms with Crippen LogP contribution < -0.4 is 0 Å². The van der Waals surface area contributed by atoms with Crippen molar-refractivity contribution in [2.24, 2.45) is 15.2 Å². The average molecular weight is 380 g/mol. The Morgan fingerprint density at radius 1 is 0.889 bits per heavy atom. The van der Waals surface area contributed by atoms with Gasteiger partial charge < -0.3 is 10.2 Å². The lowest BCUT2D eigenvalue weighted by Crippen LogP contribution is -1.83. The van der Waals surface area contributed by atoms with Crippen LogP contribution in [0.15, 0.2) is 75.9 Å². The third-order valence-corrected chi connectivity index (χ3v) is 4.13. The zero-order chi connectivity index (χ0) is 19.2. The summed E-state index contributed by atoms with van der Waals surface area (Å²) in [5.41, 5.74) is 3.17. The number of aromatic hydroxyl groups is 2. The fraction of sp³-hybridized carbons (Fsp3) is 0.0952. The van der Waals surface area contributed by atoms with E-state index in [1.54, 1.807) is 42.5 Å². The molecule has 0 heterocycles. The van der Waals surface area contributed by atoms with Crippen LogP contribution in [-0.2, 0) is 6.42 Å². The van der Waals surface area contributed by atoms with E-state index in [0.29, 0.717) is 27.6 Å². The number of nitrogens with zero attached hydrogens (tertiary/aromatic N) is 3. The second-order valence-corrected chi connectivity index (χ2v) is 6.29. The van der Waals surface area contributed by atoms with Crippen LogP contribution in [0.5, 0.6) is 11.5 Å². The van der Waals surface area contributed by atoms with Gasteiger partial charge in [-0.2, -0.15) is 10.2 Å². The van der Waals surface area contributed by atoms with E-state index in [-0.39, 0.29) is 11.5 Å². The monoisotopic (exact) mass is 379 g/mol. The van der Waals surface area contributed by atoms with Crippen LogP contribution in [0.4, 0.5) is 17.1 Å². The number of rotatable bonds is 5. The molecule has 2 N–H and O–H groups in total. The summed E-state index contributed by atoms with van der Waals surface area (Å²) >= 11 is 5.93. The highest BCUT2D eigenvalue weighted by Crippen LogP contribution is 2.29. The van der Waals surface area contributed by atoms with Gasteiger partial charge in [-0.25, -0.2) is 0 Å². The number of aliphatic imine (C=N–C) groups is 1. The van der Waals surface area contributed by atoms with E-state index in [0.717, 1.165) is 12.0 Å². The van der Waals surface area contributed by atoms with Crippen LogP contribution in [0.1, 0.15) is 18.1 Å². The summed E-state index contributed by atoms with van der Waals surface area (Å²) < 4.78 is 0. The molecule has 27 heavy (non-hydrogen) atoms. The van der Waals surface area contributed by atoms with Crippen molar-refractivity contribution < 1.29 is 10.2 Å². The molecule has 5 nitrogen and oxygen atoms in total. The number of halogens is 1. The third kappa shape index (κ3) is 4.92. The van der Waals surface area contributed by atoms with Crippen molar-refractivity contribution >= 4 is 34.9 Å². The first kappa shape index (κ1) is 18.6. The van der Waals surface area contributed by atoms with E-state index in [2.05, 4.69) is 15.2 Å². The lowest BCUT2D eigenvalue weighted by atomic mass is 10.1. The minimum atomic E-state index is 0.0617. The van der Waals surface area contributed by atoms with Crippen LogP contribution in [0.3, 0.4) is 0 Å². The Morgan fingerprint density at radius 3 is 2.37 bits per heavy atom. The van der Waals surface area contributed by atoms with Crippen molar-refractivity contribution in [2.45, 2.75) is 13.3 Å². The Hall–Kier alpha value is -3.18. The van der Waals surface area contributed by atoms with Crippen molar-refractivity contribution in [1.82, 2.24) is 0 Å². The lowest BCUT2D eigenvalue weighted by Gasteiger charge is -2.03. The van der Waals surface area contributed by atoms with Gasteiger partial charge in [0.25, 0.3) is 0 Å². The van der Waals surface area contributed by atoms with Crippen LogP contribution in [0.25, 0.3) is 0 Å². The molecule has 0 fully saturated rings. The molecule has 0 radical (unpaired) electrons. The quantitative estimate of drug-likeness (QED) is 0.393. The molecule has 3 aromatic rings. The van der Waals surface area contributed by atoms with E-state index in [1.807, 2.05) is 19.1 Å². The number of hydrogen-bond donors (Lipinski definition) is 2. The van der Waals surface area contributed by atoms with Gasteiger partial charge in [0, 0.05) is 16.8 Å². The molecule has 0 aromatic heterocycles. The molecule has 0 saturated heterocycles. The Balaban J connectivity index is 1.85. The SMILES string of the molecule is CCc1ccc(O)c(N=Cc2cc(N=Nc3cccc(Cl)c3)ccc2O)c1. The van der Waals surface area contributed by atoms with Crippen LogP contribution in [0.2, 0.25) is 5.02 Å². The minimum absolute atomic E-state index is 0.0617. The van der Waals surface area contributed by atoms with E-state index >= 15 is 0 Å². The molecule has 0 bridgehead atoms. The van der Waals surface area contributed by atoms with E-state index < -0.39 is 0 Å². The zero-order valence-electron chi connectivity index (χ0n) is 14.7. The zero-order valence-corrected chi connectivity index (χ0v) is 15.4. The van der Waals surface area contributed by atoms with Gasteiger partial charge in [-0.15, -0.1) is 0 Å². The molecule has 3 rings (SSSR count). The summed E-state index contributed by atoms with van der Waals surface area (Å²) in [5, 5.41) is 28.9. The second kappa shape index (κ2) is 8.47. The fourth-order valence-corrected chi connectivity index (χ4v) is 2.58. The first-order valence-electron chi connectivity index (χ1n) is 8.41. The molecule has 0 amide bonds. The van der Waals surface area contributed by atoms with Crippen molar-refractivity contribution in [1.29, 1.82) is 0 Å². The molecule has 0 aliphatic heterocycles. The summed E-state index contributed by atoms with van der Waals surface area (Å²) in [5.74, 6) is 0.145. The number of hydrogen-bond acceptors (Lipinski definition) is 5. The largest absolute Gasteiger partial charge is 0.507 e. The number of benzene rings is 3. The van der Waals surface area contributed by atoms with Gasteiger partial charge in [-0.1, -0.05) is 30.7 Å². The Labute approximate surface area is 162 Å². The molecule has 136 valence electrons.